The van der Waals surface area contributed by atoms with Crippen LogP contribution in [0.2, 0.25) is 5.02 Å². The molecule has 0 bridgehead atoms. The van der Waals surface area contributed by atoms with Crippen LogP contribution in [0.15, 0.2) is 77.7 Å². The van der Waals surface area contributed by atoms with Gasteiger partial charge in [0, 0.05) is 18.1 Å². The van der Waals surface area contributed by atoms with Crippen molar-refractivity contribution in [2.45, 2.75) is 18.7 Å². The number of nitrogens with zero attached hydrogens (tertiary/aromatic N) is 2. The van der Waals surface area contributed by atoms with Crippen molar-refractivity contribution >= 4 is 39.2 Å². The third-order valence-electron chi connectivity index (χ3n) is 5.11. The first kappa shape index (κ1) is 25.2. The van der Waals surface area contributed by atoms with Crippen LogP contribution in [0.3, 0.4) is 0 Å². The molecule has 6 nitrogen and oxygen atoms in total. The normalized spacial score (nSPS) is 11.8. The van der Waals surface area contributed by atoms with Crippen LogP contribution in [0.5, 0.6) is 5.75 Å². The van der Waals surface area contributed by atoms with Gasteiger partial charge >= 0.3 is 5.97 Å². The van der Waals surface area contributed by atoms with E-state index in [0.717, 1.165) is 11.1 Å². The monoisotopic (exact) mass is 494 g/mol. The van der Waals surface area contributed by atoms with E-state index in [2.05, 4.69) is 6.07 Å². The first-order chi connectivity index (χ1) is 16.3. The summed E-state index contributed by atoms with van der Waals surface area (Å²) in [6, 6.07) is 21.5. The van der Waals surface area contributed by atoms with Gasteiger partial charge in [-0.3, -0.25) is 0 Å². The van der Waals surface area contributed by atoms with Gasteiger partial charge in [-0.25, -0.2) is 13.2 Å². The van der Waals surface area contributed by atoms with Crippen molar-refractivity contribution in [3.8, 4) is 11.8 Å². The van der Waals surface area contributed by atoms with Gasteiger partial charge in [-0.1, -0.05) is 49.7 Å². The van der Waals surface area contributed by atoms with E-state index in [4.69, 9.17) is 16.3 Å². The topological polar surface area (TPSA) is 87.5 Å². The van der Waals surface area contributed by atoms with Gasteiger partial charge in [-0.05, 0) is 65.7 Å². The van der Waals surface area contributed by atoms with Crippen LogP contribution in [0.4, 0.5) is 0 Å². The Morgan fingerprint density at radius 1 is 0.941 bits per heavy atom. The second-order valence-electron chi connectivity index (χ2n) is 7.25. The summed E-state index contributed by atoms with van der Waals surface area (Å²) in [6.07, 6.45) is 1.73. The maximum atomic E-state index is 12.6. The minimum absolute atomic E-state index is 0.123. The molecule has 0 aromatic heterocycles. The molecule has 174 valence electrons. The molecule has 0 atom stereocenters. The van der Waals surface area contributed by atoms with Crippen molar-refractivity contribution < 1.29 is 17.9 Å². The molecule has 0 aliphatic carbocycles. The molecule has 0 N–H and O–H groups in total. The van der Waals surface area contributed by atoms with Crippen molar-refractivity contribution in [2.24, 2.45) is 0 Å². The predicted octanol–water partition coefficient (Wildman–Crippen LogP) is 5.65. The highest BCUT2D eigenvalue weighted by Gasteiger charge is 2.22. The standard InChI is InChI=1S/C26H23ClN2O4S/c1-3-29(4-2)34(31,32)25-15-9-21(10-16-25)26(30)33-24-13-5-19(6-14-24)17-22(18-28)20-7-11-23(27)12-8-20/h5-17H,3-4H2,1-2H3/b22-17-. The molecular formula is C26H23ClN2O4S. The van der Waals surface area contributed by atoms with Gasteiger partial charge in [-0.15, -0.1) is 0 Å². The van der Waals surface area contributed by atoms with Gasteiger partial charge in [0.15, 0.2) is 0 Å². The Morgan fingerprint density at radius 2 is 1.50 bits per heavy atom. The van der Waals surface area contributed by atoms with Crippen LogP contribution in [-0.4, -0.2) is 31.8 Å². The summed E-state index contributed by atoms with van der Waals surface area (Å²) < 4.78 is 31.9. The summed E-state index contributed by atoms with van der Waals surface area (Å²) in [5, 5.41) is 10.1. The van der Waals surface area contributed by atoms with E-state index in [9.17, 15) is 18.5 Å². The Morgan fingerprint density at radius 3 is 2.03 bits per heavy atom. The second-order valence-corrected chi connectivity index (χ2v) is 9.62. The maximum absolute atomic E-state index is 12.6. The van der Waals surface area contributed by atoms with E-state index in [-0.39, 0.29) is 10.5 Å². The Kier molecular flexibility index (Phi) is 8.24. The number of ether oxygens (including phenoxy) is 1. The van der Waals surface area contributed by atoms with Gasteiger partial charge in [0.2, 0.25) is 10.0 Å². The number of benzene rings is 3. The Bertz CT molecular complexity index is 1320. The number of allylic oxidation sites excluding steroid dienone is 1. The molecule has 0 saturated carbocycles. The Balaban J connectivity index is 1.71. The average molecular weight is 495 g/mol. The minimum atomic E-state index is -3.60. The highest BCUT2D eigenvalue weighted by molar-refractivity contribution is 7.89. The number of hydrogen-bond donors (Lipinski definition) is 0. The van der Waals surface area contributed by atoms with Crippen molar-refractivity contribution in [3.63, 3.8) is 0 Å². The van der Waals surface area contributed by atoms with Crippen LogP contribution in [0.25, 0.3) is 11.6 Å². The fourth-order valence-electron chi connectivity index (χ4n) is 3.25. The lowest BCUT2D eigenvalue weighted by Crippen LogP contribution is -2.30. The van der Waals surface area contributed by atoms with Gasteiger partial charge < -0.3 is 4.74 Å². The smallest absolute Gasteiger partial charge is 0.343 e. The molecule has 0 unspecified atom stereocenters. The molecule has 0 spiro atoms. The van der Waals surface area contributed by atoms with E-state index < -0.39 is 16.0 Å². The van der Waals surface area contributed by atoms with E-state index in [0.29, 0.717) is 29.4 Å². The van der Waals surface area contributed by atoms with E-state index in [1.807, 2.05) is 0 Å². The molecule has 0 amide bonds. The SMILES string of the molecule is CCN(CC)S(=O)(=O)c1ccc(C(=O)Oc2ccc(/C=C(/C#N)c3ccc(Cl)cc3)cc2)cc1. The summed E-state index contributed by atoms with van der Waals surface area (Å²) in [5.74, 6) is -0.277. The van der Waals surface area contributed by atoms with Gasteiger partial charge in [-0.2, -0.15) is 9.57 Å². The van der Waals surface area contributed by atoms with Crippen LogP contribution in [0.1, 0.15) is 35.3 Å². The van der Waals surface area contributed by atoms with Crippen molar-refractivity contribution in [1.29, 1.82) is 5.26 Å². The van der Waals surface area contributed by atoms with Crippen LogP contribution in [-0.2, 0) is 10.0 Å². The molecule has 0 aliphatic heterocycles. The van der Waals surface area contributed by atoms with Gasteiger partial charge in [0.05, 0.1) is 22.1 Å². The largest absolute Gasteiger partial charge is 0.423 e. The fraction of sp³-hybridized carbons (Fsp3) is 0.154. The number of hydrogen-bond acceptors (Lipinski definition) is 5. The lowest BCUT2D eigenvalue weighted by atomic mass is 10.0. The first-order valence-corrected chi connectivity index (χ1v) is 12.4. The average Bonchev–Trinajstić information content (AvgIpc) is 2.85. The number of carbonyl (C=O) groups excluding carboxylic acids is 1. The second kappa shape index (κ2) is 11.1. The third kappa shape index (κ3) is 5.91. The number of carbonyl (C=O) groups is 1. The summed E-state index contributed by atoms with van der Waals surface area (Å²) in [6.45, 7) is 4.27. The number of rotatable bonds is 8. The molecule has 0 heterocycles. The van der Waals surface area contributed by atoms with Gasteiger partial charge in [0.25, 0.3) is 0 Å². The van der Waals surface area contributed by atoms with E-state index in [1.54, 1.807) is 68.5 Å². The zero-order valence-electron chi connectivity index (χ0n) is 18.7. The quantitative estimate of drug-likeness (QED) is 0.175. The van der Waals surface area contributed by atoms with E-state index in [1.165, 1.54) is 28.6 Å². The van der Waals surface area contributed by atoms with Crippen LogP contribution >= 0.6 is 11.6 Å². The predicted molar refractivity (Wildman–Crippen MR) is 133 cm³/mol. The molecule has 0 aliphatic rings. The fourth-order valence-corrected chi connectivity index (χ4v) is 4.83. The zero-order valence-corrected chi connectivity index (χ0v) is 20.3. The number of esters is 1. The van der Waals surface area contributed by atoms with Crippen molar-refractivity contribution in [2.75, 3.05) is 13.1 Å². The van der Waals surface area contributed by atoms with E-state index >= 15 is 0 Å². The lowest BCUT2D eigenvalue weighted by Gasteiger charge is -2.18. The van der Waals surface area contributed by atoms with Crippen LogP contribution < -0.4 is 4.74 Å². The Labute approximate surface area is 204 Å². The molecule has 0 radical (unpaired) electrons. The number of sulfonamides is 1. The third-order valence-corrected chi connectivity index (χ3v) is 7.43. The minimum Gasteiger partial charge on any atom is -0.423 e. The molecule has 3 aromatic carbocycles. The maximum Gasteiger partial charge on any atom is 0.343 e. The highest BCUT2D eigenvalue weighted by atomic mass is 35.5. The number of halogens is 1. The highest BCUT2D eigenvalue weighted by Crippen LogP contribution is 2.22. The molecule has 34 heavy (non-hydrogen) atoms. The molecule has 0 saturated heterocycles. The number of nitriles is 1. The molecule has 3 rings (SSSR count). The Hall–Kier alpha value is -3.44. The first-order valence-electron chi connectivity index (χ1n) is 10.6. The summed E-state index contributed by atoms with van der Waals surface area (Å²) in [4.78, 5) is 12.6. The molecule has 8 heteroatoms. The summed E-state index contributed by atoms with van der Waals surface area (Å²) >= 11 is 5.90. The van der Waals surface area contributed by atoms with Crippen molar-refractivity contribution in [1.82, 2.24) is 4.31 Å². The lowest BCUT2D eigenvalue weighted by molar-refractivity contribution is 0.0734. The summed E-state index contributed by atoms with van der Waals surface area (Å²) in [7, 11) is -3.60. The molecule has 3 aromatic rings. The van der Waals surface area contributed by atoms with Crippen LogP contribution in [0, 0.1) is 11.3 Å². The zero-order chi connectivity index (χ0) is 24.7. The summed E-state index contributed by atoms with van der Waals surface area (Å²) in [5.41, 5.74) is 2.21. The van der Waals surface area contributed by atoms with Crippen molar-refractivity contribution in [3.05, 3.63) is 94.5 Å². The van der Waals surface area contributed by atoms with Gasteiger partial charge in [0.1, 0.15) is 5.75 Å². The molecular weight excluding hydrogens is 472 g/mol. The molecule has 0 fully saturated rings.